The van der Waals surface area contributed by atoms with Crippen LogP contribution in [0.4, 0.5) is 18.3 Å². The highest BCUT2D eigenvalue weighted by Crippen LogP contribution is 2.30. The van der Waals surface area contributed by atoms with Gasteiger partial charge in [-0.05, 0) is 30.3 Å². The second kappa shape index (κ2) is 5.70. The normalized spacial score (nSPS) is 10.5. The van der Waals surface area contributed by atoms with E-state index >= 15 is 0 Å². The van der Waals surface area contributed by atoms with Crippen LogP contribution in [0, 0.1) is 28.8 Å². The fourth-order valence-corrected chi connectivity index (χ4v) is 2.78. The highest BCUT2D eigenvalue weighted by atomic mass is 32.1. The van der Waals surface area contributed by atoms with Gasteiger partial charge in [0.25, 0.3) is 5.91 Å². The van der Waals surface area contributed by atoms with E-state index in [-0.39, 0.29) is 20.9 Å². The summed E-state index contributed by atoms with van der Waals surface area (Å²) in [5.74, 6) is -4.85. The molecule has 3 rings (SSSR count). The summed E-state index contributed by atoms with van der Waals surface area (Å²) in [6.45, 7) is 0. The first kappa shape index (κ1) is 15.0. The molecule has 1 heterocycles. The molecule has 0 bridgehead atoms. The zero-order valence-corrected chi connectivity index (χ0v) is 12.0. The summed E-state index contributed by atoms with van der Waals surface area (Å²) in [4.78, 5) is 15.8. The minimum absolute atomic E-state index is 0.0123. The number of fused-ring (bicyclic) bond motifs is 1. The van der Waals surface area contributed by atoms with E-state index in [4.69, 9.17) is 5.26 Å². The molecule has 0 aliphatic rings. The molecule has 114 valence electrons. The number of benzene rings is 2. The van der Waals surface area contributed by atoms with Crippen molar-refractivity contribution in [2.45, 2.75) is 0 Å². The second-order valence-electron chi connectivity index (χ2n) is 4.50. The van der Waals surface area contributed by atoms with Gasteiger partial charge in [0, 0.05) is 5.56 Å². The number of carbonyl (C=O) groups excluding carboxylic acids is 1. The van der Waals surface area contributed by atoms with Crippen LogP contribution in [0.3, 0.4) is 0 Å². The van der Waals surface area contributed by atoms with E-state index in [1.54, 1.807) is 0 Å². The van der Waals surface area contributed by atoms with E-state index in [1.165, 1.54) is 24.3 Å². The Kier molecular flexibility index (Phi) is 3.72. The highest BCUT2D eigenvalue weighted by Gasteiger charge is 2.18. The Bertz CT molecular complexity index is 961. The lowest BCUT2D eigenvalue weighted by atomic mass is 10.1. The molecule has 1 aromatic heterocycles. The number of aromatic nitrogens is 1. The van der Waals surface area contributed by atoms with Gasteiger partial charge in [0.2, 0.25) is 0 Å². The Labute approximate surface area is 131 Å². The van der Waals surface area contributed by atoms with Gasteiger partial charge in [-0.15, -0.1) is 0 Å². The van der Waals surface area contributed by atoms with Crippen molar-refractivity contribution in [1.29, 1.82) is 5.26 Å². The van der Waals surface area contributed by atoms with Crippen LogP contribution in [0.2, 0.25) is 0 Å². The van der Waals surface area contributed by atoms with E-state index in [1.807, 2.05) is 6.07 Å². The van der Waals surface area contributed by atoms with Crippen LogP contribution in [-0.4, -0.2) is 10.9 Å². The molecule has 0 aliphatic carbocycles. The molecule has 0 radical (unpaired) electrons. The Morgan fingerprint density at radius 1 is 1.17 bits per heavy atom. The monoisotopic (exact) mass is 333 g/mol. The number of hydrogen-bond donors (Lipinski definition) is 1. The topological polar surface area (TPSA) is 65.8 Å². The summed E-state index contributed by atoms with van der Waals surface area (Å²) in [6, 6.07) is 8.58. The fourth-order valence-electron chi connectivity index (χ4n) is 1.89. The third-order valence-electron chi connectivity index (χ3n) is 3.02. The van der Waals surface area contributed by atoms with Crippen molar-refractivity contribution in [3.63, 3.8) is 0 Å². The summed E-state index contributed by atoms with van der Waals surface area (Å²) in [5, 5.41) is 11.1. The third-order valence-corrected chi connectivity index (χ3v) is 3.94. The first-order chi connectivity index (χ1) is 11.0. The summed E-state index contributed by atoms with van der Waals surface area (Å²) in [6.07, 6.45) is 0. The maximum absolute atomic E-state index is 13.6. The first-order valence-electron chi connectivity index (χ1n) is 6.25. The smallest absolute Gasteiger partial charge is 0.257 e. The number of thiazole rings is 1. The maximum Gasteiger partial charge on any atom is 0.257 e. The quantitative estimate of drug-likeness (QED) is 0.725. The van der Waals surface area contributed by atoms with Crippen molar-refractivity contribution in [2.75, 3.05) is 5.32 Å². The van der Waals surface area contributed by atoms with E-state index in [0.717, 1.165) is 17.4 Å². The molecule has 0 atom stereocenters. The largest absolute Gasteiger partial charge is 0.298 e. The zero-order chi connectivity index (χ0) is 16.6. The Hall–Kier alpha value is -2.92. The number of nitrogens with one attached hydrogen (secondary N) is 1. The average Bonchev–Trinajstić information content (AvgIpc) is 2.95. The molecule has 2 aromatic carbocycles. The van der Waals surface area contributed by atoms with Crippen LogP contribution < -0.4 is 5.32 Å². The molecule has 0 saturated heterocycles. The lowest BCUT2D eigenvalue weighted by Gasteiger charge is -2.01. The summed E-state index contributed by atoms with van der Waals surface area (Å²) in [7, 11) is 0. The van der Waals surface area contributed by atoms with Gasteiger partial charge in [-0.3, -0.25) is 10.1 Å². The number of amides is 1. The number of nitriles is 1. The van der Waals surface area contributed by atoms with E-state index in [0.29, 0.717) is 5.56 Å². The van der Waals surface area contributed by atoms with Crippen molar-refractivity contribution in [3.8, 4) is 6.07 Å². The van der Waals surface area contributed by atoms with Crippen molar-refractivity contribution < 1.29 is 18.0 Å². The van der Waals surface area contributed by atoms with Crippen LogP contribution in [0.25, 0.3) is 10.2 Å². The first-order valence-corrected chi connectivity index (χ1v) is 7.07. The van der Waals surface area contributed by atoms with Crippen molar-refractivity contribution >= 4 is 32.6 Å². The van der Waals surface area contributed by atoms with Gasteiger partial charge in [-0.25, -0.2) is 18.2 Å². The molecule has 23 heavy (non-hydrogen) atoms. The minimum atomic E-state index is -1.60. The Balaban J connectivity index is 1.90. The molecule has 0 aliphatic heterocycles. The van der Waals surface area contributed by atoms with Gasteiger partial charge >= 0.3 is 0 Å². The van der Waals surface area contributed by atoms with E-state index in [2.05, 4.69) is 10.3 Å². The van der Waals surface area contributed by atoms with Crippen LogP contribution >= 0.6 is 11.3 Å². The number of hydrogen-bond acceptors (Lipinski definition) is 4. The predicted molar refractivity (Wildman–Crippen MR) is 78.6 cm³/mol. The van der Waals surface area contributed by atoms with Crippen molar-refractivity contribution in [1.82, 2.24) is 4.98 Å². The molecule has 0 unspecified atom stereocenters. The molecule has 1 amide bonds. The van der Waals surface area contributed by atoms with Gasteiger partial charge < -0.3 is 0 Å². The van der Waals surface area contributed by atoms with E-state index < -0.39 is 23.4 Å². The van der Waals surface area contributed by atoms with E-state index in [9.17, 15) is 18.0 Å². The van der Waals surface area contributed by atoms with Gasteiger partial charge in [0.05, 0.1) is 16.3 Å². The van der Waals surface area contributed by atoms with Crippen LogP contribution in [0.5, 0.6) is 0 Å². The predicted octanol–water partition coefficient (Wildman–Crippen LogP) is 3.84. The summed E-state index contributed by atoms with van der Waals surface area (Å²) >= 11 is 0.823. The van der Waals surface area contributed by atoms with Crippen LogP contribution in [-0.2, 0) is 0 Å². The molecule has 3 aromatic rings. The summed E-state index contributed by atoms with van der Waals surface area (Å²) in [5.41, 5.74) is 0.319. The third kappa shape index (κ3) is 2.74. The molecule has 4 nitrogen and oxygen atoms in total. The molecular weight excluding hydrogens is 327 g/mol. The van der Waals surface area contributed by atoms with Gasteiger partial charge in [-0.2, -0.15) is 5.26 Å². The zero-order valence-electron chi connectivity index (χ0n) is 11.2. The molecular formula is C15H6F3N3OS. The lowest BCUT2D eigenvalue weighted by molar-refractivity contribution is 0.102. The fraction of sp³-hybridized carbons (Fsp3) is 0. The SMILES string of the molecule is N#Cc1ccc(C(=O)Nc2nc3c(F)c(F)c(F)cc3s2)cc1. The van der Waals surface area contributed by atoms with Crippen molar-refractivity contribution in [3.05, 3.63) is 58.9 Å². The van der Waals surface area contributed by atoms with Gasteiger partial charge in [0.15, 0.2) is 22.6 Å². The number of rotatable bonds is 2. The molecule has 0 spiro atoms. The highest BCUT2D eigenvalue weighted by molar-refractivity contribution is 7.22. The van der Waals surface area contributed by atoms with Crippen LogP contribution in [0.1, 0.15) is 15.9 Å². The summed E-state index contributed by atoms with van der Waals surface area (Å²) < 4.78 is 40.0. The molecule has 1 N–H and O–H groups in total. The molecule has 0 fully saturated rings. The number of nitrogens with zero attached hydrogens (tertiary/aromatic N) is 2. The minimum Gasteiger partial charge on any atom is -0.298 e. The van der Waals surface area contributed by atoms with Gasteiger partial charge in [0.1, 0.15) is 5.52 Å². The number of halogens is 3. The number of carbonyl (C=O) groups is 1. The Morgan fingerprint density at radius 2 is 1.87 bits per heavy atom. The standard InChI is InChI=1S/C15H6F3N3OS/c16-9-5-10-13(12(18)11(9)17)20-15(23-10)21-14(22)8-3-1-7(6-19)2-4-8/h1-5H,(H,20,21,22). The molecule has 8 heteroatoms. The Morgan fingerprint density at radius 3 is 2.52 bits per heavy atom. The molecule has 0 saturated carbocycles. The van der Waals surface area contributed by atoms with Gasteiger partial charge in [-0.1, -0.05) is 11.3 Å². The second-order valence-corrected chi connectivity index (χ2v) is 5.53. The average molecular weight is 333 g/mol. The lowest BCUT2D eigenvalue weighted by Crippen LogP contribution is -2.11. The maximum atomic E-state index is 13.6. The van der Waals surface area contributed by atoms with Crippen molar-refractivity contribution in [2.24, 2.45) is 0 Å². The van der Waals surface area contributed by atoms with Crippen LogP contribution in [0.15, 0.2) is 30.3 Å². The number of anilines is 1.